The quantitative estimate of drug-likeness (QED) is 0.448. The fourth-order valence-electron chi connectivity index (χ4n) is 1.90. The zero-order valence-electron chi connectivity index (χ0n) is 11.2. The van der Waals surface area contributed by atoms with Crippen LogP contribution in [0.5, 0.6) is 17.2 Å². The monoisotopic (exact) mass is 380 g/mol. The SMILES string of the molecule is O=C(C=Cc1cc2c(cc1Br)OCO2)Oc1cccc(Cl)c1. The van der Waals surface area contributed by atoms with Gasteiger partial charge in [0.05, 0.1) is 0 Å². The van der Waals surface area contributed by atoms with E-state index in [1.54, 1.807) is 42.5 Å². The normalized spacial score (nSPS) is 12.6. The molecule has 0 bridgehead atoms. The number of ether oxygens (including phenoxy) is 3. The van der Waals surface area contributed by atoms with Gasteiger partial charge in [0, 0.05) is 15.6 Å². The Bertz CT molecular complexity index is 758. The van der Waals surface area contributed by atoms with E-state index < -0.39 is 5.97 Å². The fraction of sp³-hybridized carbons (Fsp3) is 0.0625. The Hall–Kier alpha value is -1.98. The number of fused-ring (bicyclic) bond motifs is 1. The Morgan fingerprint density at radius 1 is 1.23 bits per heavy atom. The van der Waals surface area contributed by atoms with E-state index in [4.69, 9.17) is 25.8 Å². The van der Waals surface area contributed by atoms with Crippen LogP contribution in [0.15, 0.2) is 46.9 Å². The second-order valence-corrected chi connectivity index (χ2v) is 5.73. The van der Waals surface area contributed by atoms with E-state index in [9.17, 15) is 4.79 Å². The molecule has 0 saturated carbocycles. The van der Waals surface area contributed by atoms with Crippen LogP contribution in [0.4, 0.5) is 0 Å². The lowest BCUT2D eigenvalue weighted by Gasteiger charge is -2.03. The van der Waals surface area contributed by atoms with Crippen molar-refractivity contribution < 1.29 is 19.0 Å². The van der Waals surface area contributed by atoms with Crippen molar-refractivity contribution in [2.75, 3.05) is 6.79 Å². The van der Waals surface area contributed by atoms with E-state index >= 15 is 0 Å². The maximum atomic E-state index is 11.8. The van der Waals surface area contributed by atoms with Crippen molar-refractivity contribution in [1.29, 1.82) is 0 Å². The van der Waals surface area contributed by atoms with E-state index in [1.807, 2.05) is 0 Å². The molecule has 0 fully saturated rings. The van der Waals surface area contributed by atoms with Gasteiger partial charge in [0.25, 0.3) is 0 Å². The number of hydrogen-bond donors (Lipinski definition) is 0. The van der Waals surface area contributed by atoms with Crippen molar-refractivity contribution in [3.8, 4) is 17.2 Å². The average molecular weight is 382 g/mol. The molecule has 1 heterocycles. The molecule has 2 aromatic carbocycles. The van der Waals surface area contributed by atoms with E-state index in [0.29, 0.717) is 22.3 Å². The van der Waals surface area contributed by atoms with Crippen molar-refractivity contribution in [2.45, 2.75) is 0 Å². The Labute approximate surface area is 140 Å². The van der Waals surface area contributed by atoms with Gasteiger partial charge in [0.2, 0.25) is 6.79 Å². The Morgan fingerprint density at radius 3 is 2.77 bits per heavy atom. The van der Waals surface area contributed by atoms with Gasteiger partial charge in [0.1, 0.15) is 5.75 Å². The molecular formula is C16H10BrClO4. The van der Waals surface area contributed by atoms with Gasteiger partial charge in [-0.05, 0) is 42.0 Å². The first-order chi connectivity index (χ1) is 10.6. The topological polar surface area (TPSA) is 44.8 Å². The molecule has 6 heteroatoms. The van der Waals surface area contributed by atoms with Gasteiger partial charge in [0.15, 0.2) is 11.5 Å². The van der Waals surface area contributed by atoms with Gasteiger partial charge < -0.3 is 14.2 Å². The van der Waals surface area contributed by atoms with Crippen LogP contribution < -0.4 is 14.2 Å². The lowest BCUT2D eigenvalue weighted by Crippen LogP contribution is -2.03. The summed E-state index contributed by atoms with van der Waals surface area (Å²) < 4.78 is 16.5. The molecule has 0 atom stereocenters. The molecule has 0 N–H and O–H groups in total. The predicted octanol–water partition coefficient (Wildman–Crippen LogP) is 4.45. The van der Waals surface area contributed by atoms with E-state index in [-0.39, 0.29) is 6.79 Å². The van der Waals surface area contributed by atoms with Crippen LogP contribution in [-0.4, -0.2) is 12.8 Å². The number of benzene rings is 2. The first-order valence-corrected chi connectivity index (χ1v) is 7.53. The molecule has 1 aliphatic heterocycles. The van der Waals surface area contributed by atoms with Crippen LogP contribution in [0.25, 0.3) is 6.08 Å². The van der Waals surface area contributed by atoms with Crippen molar-refractivity contribution in [2.24, 2.45) is 0 Å². The second kappa shape index (κ2) is 6.42. The van der Waals surface area contributed by atoms with Crippen LogP contribution in [-0.2, 0) is 4.79 Å². The van der Waals surface area contributed by atoms with Crippen LogP contribution in [0.2, 0.25) is 5.02 Å². The third kappa shape index (κ3) is 3.43. The number of rotatable bonds is 3. The summed E-state index contributed by atoms with van der Waals surface area (Å²) in [5.41, 5.74) is 0.785. The summed E-state index contributed by atoms with van der Waals surface area (Å²) >= 11 is 9.25. The largest absolute Gasteiger partial charge is 0.454 e. The molecular weight excluding hydrogens is 372 g/mol. The van der Waals surface area contributed by atoms with Crippen LogP contribution in [0.1, 0.15) is 5.56 Å². The number of carbonyl (C=O) groups excluding carboxylic acids is 1. The Morgan fingerprint density at radius 2 is 2.00 bits per heavy atom. The summed E-state index contributed by atoms with van der Waals surface area (Å²) in [4.78, 5) is 11.8. The molecule has 0 amide bonds. The Balaban J connectivity index is 1.72. The molecule has 0 saturated heterocycles. The molecule has 3 rings (SSSR count). The molecule has 0 aromatic heterocycles. The van der Waals surface area contributed by atoms with Crippen molar-refractivity contribution >= 4 is 39.6 Å². The smallest absolute Gasteiger partial charge is 0.336 e. The molecule has 112 valence electrons. The van der Waals surface area contributed by atoms with Crippen molar-refractivity contribution in [3.05, 3.63) is 57.5 Å². The van der Waals surface area contributed by atoms with Gasteiger partial charge >= 0.3 is 5.97 Å². The first-order valence-electron chi connectivity index (χ1n) is 6.36. The molecule has 4 nitrogen and oxygen atoms in total. The maximum Gasteiger partial charge on any atom is 0.336 e. The first kappa shape index (κ1) is 14.9. The minimum atomic E-state index is -0.494. The van der Waals surface area contributed by atoms with Gasteiger partial charge in [-0.2, -0.15) is 0 Å². The molecule has 0 spiro atoms. The van der Waals surface area contributed by atoms with Gasteiger partial charge in [-0.15, -0.1) is 0 Å². The minimum Gasteiger partial charge on any atom is -0.454 e. The van der Waals surface area contributed by atoms with Crippen LogP contribution >= 0.6 is 27.5 Å². The summed E-state index contributed by atoms with van der Waals surface area (Å²) in [6.45, 7) is 0.200. The molecule has 1 aliphatic rings. The van der Waals surface area contributed by atoms with Crippen LogP contribution in [0.3, 0.4) is 0 Å². The molecule has 0 unspecified atom stereocenters. The highest BCUT2D eigenvalue weighted by Crippen LogP contribution is 2.37. The highest BCUT2D eigenvalue weighted by molar-refractivity contribution is 9.10. The molecule has 0 aliphatic carbocycles. The summed E-state index contributed by atoms with van der Waals surface area (Å²) in [6, 6.07) is 10.2. The van der Waals surface area contributed by atoms with Crippen LogP contribution in [0, 0.1) is 0 Å². The van der Waals surface area contributed by atoms with Gasteiger partial charge in [-0.1, -0.05) is 33.6 Å². The highest BCUT2D eigenvalue weighted by Gasteiger charge is 2.15. The molecule has 2 aromatic rings. The zero-order valence-corrected chi connectivity index (χ0v) is 13.6. The minimum absolute atomic E-state index is 0.200. The number of esters is 1. The number of carbonyl (C=O) groups is 1. The van der Waals surface area contributed by atoms with Crippen molar-refractivity contribution in [3.63, 3.8) is 0 Å². The highest BCUT2D eigenvalue weighted by atomic mass is 79.9. The predicted molar refractivity (Wildman–Crippen MR) is 86.4 cm³/mol. The molecule has 22 heavy (non-hydrogen) atoms. The molecule has 0 radical (unpaired) electrons. The van der Waals surface area contributed by atoms with Gasteiger partial charge in [-0.25, -0.2) is 4.79 Å². The summed E-state index contributed by atoms with van der Waals surface area (Å²) in [5.74, 6) is 1.22. The maximum absolute atomic E-state index is 11.8. The second-order valence-electron chi connectivity index (χ2n) is 4.44. The third-order valence-corrected chi connectivity index (χ3v) is 3.83. The standard InChI is InChI=1S/C16H10BrClO4/c17-13-8-15-14(20-9-21-15)6-10(13)4-5-16(19)22-12-3-1-2-11(18)7-12/h1-8H,9H2. The fourth-order valence-corrected chi connectivity index (χ4v) is 2.53. The van der Waals surface area contributed by atoms with Gasteiger partial charge in [-0.3, -0.25) is 0 Å². The Kier molecular flexibility index (Phi) is 4.36. The van der Waals surface area contributed by atoms with E-state index in [1.165, 1.54) is 6.08 Å². The summed E-state index contributed by atoms with van der Waals surface area (Å²) in [5, 5.41) is 0.507. The van der Waals surface area contributed by atoms with E-state index in [2.05, 4.69) is 15.9 Å². The zero-order chi connectivity index (χ0) is 15.5. The summed E-state index contributed by atoms with van der Waals surface area (Å²) in [6.07, 6.45) is 2.97. The lowest BCUT2D eigenvalue weighted by atomic mass is 10.2. The number of halogens is 2. The number of hydrogen-bond acceptors (Lipinski definition) is 4. The third-order valence-electron chi connectivity index (χ3n) is 2.91. The lowest BCUT2D eigenvalue weighted by molar-refractivity contribution is -0.128. The van der Waals surface area contributed by atoms with Crippen molar-refractivity contribution in [1.82, 2.24) is 0 Å². The average Bonchev–Trinajstić information content (AvgIpc) is 2.92. The van der Waals surface area contributed by atoms with E-state index in [0.717, 1.165) is 10.0 Å². The summed E-state index contributed by atoms with van der Waals surface area (Å²) in [7, 11) is 0.